The Morgan fingerprint density at radius 1 is 0.857 bits per heavy atom. The molecule has 0 spiro atoms. The van der Waals surface area contributed by atoms with E-state index in [1.807, 2.05) is 63.2 Å². The summed E-state index contributed by atoms with van der Waals surface area (Å²) in [5.74, 6) is -0.546. The predicted molar refractivity (Wildman–Crippen MR) is 134 cm³/mol. The number of hydrogen-bond donors (Lipinski definition) is 1. The van der Waals surface area contributed by atoms with Gasteiger partial charge >= 0.3 is 5.97 Å². The van der Waals surface area contributed by atoms with Gasteiger partial charge in [-0.05, 0) is 50.4 Å². The molecule has 3 aromatic rings. The average molecular weight is 479 g/mol. The van der Waals surface area contributed by atoms with Gasteiger partial charge in [-0.1, -0.05) is 36.4 Å². The molecule has 0 aromatic heterocycles. The number of fused-ring (bicyclic) bond motifs is 1. The van der Waals surface area contributed by atoms with Crippen LogP contribution in [0, 0.1) is 0 Å². The highest BCUT2D eigenvalue weighted by molar-refractivity contribution is 6.04. The van der Waals surface area contributed by atoms with E-state index >= 15 is 0 Å². The summed E-state index contributed by atoms with van der Waals surface area (Å²) in [6.07, 6.45) is 0. The predicted octanol–water partition coefficient (Wildman–Crippen LogP) is 3.96. The van der Waals surface area contributed by atoms with E-state index in [-0.39, 0.29) is 12.5 Å². The number of ether oxygens (including phenoxy) is 3. The van der Waals surface area contributed by atoms with Crippen molar-refractivity contribution in [1.82, 2.24) is 5.32 Å². The molecule has 0 aliphatic carbocycles. The SMILES string of the molecule is CCOc1ccc(C(=O)NCC(=O)OCC(=O)N(CC)c2cccc3ccccc23)cc1OCC. The zero-order chi connectivity index (χ0) is 25.2. The molecule has 0 heterocycles. The highest BCUT2D eigenvalue weighted by Crippen LogP contribution is 2.29. The van der Waals surface area contributed by atoms with Crippen LogP contribution in [0.2, 0.25) is 0 Å². The molecule has 0 fully saturated rings. The van der Waals surface area contributed by atoms with Gasteiger partial charge < -0.3 is 24.4 Å². The summed E-state index contributed by atoms with van der Waals surface area (Å²) >= 11 is 0. The normalized spacial score (nSPS) is 10.5. The van der Waals surface area contributed by atoms with E-state index in [0.29, 0.717) is 36.8 Å². The number of likely N-dealkylation sites (N-methyl/N-ethyl adjacent to an activating group) is 1. The summed E-state index contributed by atoms with van der Waals surface area (Å²) in [5, 5.41) is 4.46. The number of carbonyl (C=O) groups excluding carboxylic acids is 3. The van der Waals surface area contributed by atoms with Crippen LogP contribution in [0.3, 0.4) is 0 Å². The topological polar surface area (TPSA) is 94.2 Å². The van der Waals surface area contributed by atoms with Crippen LogP contribution in [0.15, 0.2) is 60.7 Å². The van der Waals surface area contributed by atoms with Crippen molar-refractivity contribution < 1.29 is 28.6 Å². The number of amides is 2. The van der Waals surface area contributed by atoms with Crippen molar-refractivity contribution in [3.05, 3.63) is 66.2 Å². The van der Waals surface area contributed by atoms with Gasteiger partial charge in [0, 0.05) is 17.5 Å². The second-order valence-electron chi connectivity index (χ2n) is 7.51. The van der Waals surface area contributed by atoms with E-state index in [9.17, 15) is 14.4 Å². The number of esters is 1. The lowest BCUT2D eigenvalue weighted by Gasteiger charge is -2.22. The molecule has 0 saturated heterocycles. The Hall–Kier alpha value is -4.07. The standard InChI is InChI=1S/C27H30N2O6/c1-4-29(22-13-9-11-19-10-7-8-12-21(19)22)25(30)18-35-26(31)17-28-27(32)20-14-15-23(33-5-2)24(16-20)34-6-3/h7-16H,4-6,17-18H2,1-3H3,(H,28,32). The molecule has 0 bridgehead atoms. The van der Waals surface area contributed by atoms with E-state index in [1.165, 1.54) is 0 Å². The number of carbonyl (C=O) groups is 3. The van der Waals surface area contributed by atoms with Crippen molar-refractivity contribution in [2.24, 2.45) is 0 Å². The fourth-order valence-electron chi connectivity index (χ4n) is 3.64. The lowest BCUT2D eigenvalue weighted by Crippen LogP contribution is -2.36. The number of hydrogen-bond acceptors (Lipinski definition) is 6. The van der Waals surface area contributed by atoms with Crippen LogP contribution in [-0.4, -0.2) is 50.7 Å². The van der Waals surface area contributed by atoms with Crippen molar-refractivity contribution in [1.29, 1.82) is 0 Å². The van der Waals surface area contributed by atoms with Gasteiger partial charge in [-0.15, -0.1) is 0 Å². The van der Waals surface area contributed by atoms with Crippen molar-refractivity contribution >= 4 is 34.2 Å². The molecule has 8 nitrogen and oxygen atoms in total. The molecule has 0 aliphatic rings. The molecule has 0 saturated carbocycles. The van der Waals surface area contributed by atoms with Crippen molar-refractivity contribution in [3.63, 3.8) is 0 Å². The van der Waals surface area contributed by atoms with Gasteiger partial charge in [0.15, 0.2) is 18.1 Å². The third-order valence-electron chi connectivity index (χ3n) is 5.23. The van der Waals surface area contributed by atoms with Gasteiger partial charge in [0.25, 0.3) is 11.8 Å². The second-order valence-corrected chi connectivity index (χ2v) is 7.51. The molecular formula is C27H30N2O6. The van der Waals surface area contributed by atoms with Crippen molar-refractivity contribution in [3.8, 4) is 11.5 Å². The monoisotopic (exact) mass is 478 g/mol. The first kappa shape index (κ1) is 25.6. The highest BCUT2D eigenvalue weighted by Gasteiger charge is 2.19. The van der Waals surface area contributed by atoms with Gasteiger partial charge in [-0.25, -0.2) is 0 Å². The molecular weight excluding hydrogens is 448 g/mol. The van der Waals surface area contributed by atoms with Crippen LogP contribution in [0.4, 0.5) is 5.69 Å². The Morgan fingerprint density at radius 2 is 1.57 bits per heavy atom. The Kier molecular flexibility index (Phi) is 9.06. The van der Waals surface area contributed by atoms with Gasteiger partial charge in [-0.2, -0.15) is 0 Å². The fraction of sp³-hybridized carbons (Fsp3) is 0.296. The molecule has 3 rings (SSSR count). The minimum absolute atomic E-state index is 0.314. The first-order chi connectivity index (χ1) is 17.0. The summed E-state index contributed by atoms with van der Waals surface area (Å²) in [7, 11) is 0. The molecule has 8 heteroatoms. The van der Waals surface area contributed by atoms with Crippen LogP contribution in [-0.2, 0) is 14.3 Å². The van der Waals surface area contributed by atoms with Crippen LogP contribution in [0.1, 0.15) is 31.1 Å². The zero-order valence-electron chi connectivity index (χ0n) is 20.2. The lowest BCUT2D eigenvalue weighted by molar-refractivity contribution is -0.146. The molecule has 184 valence electrons. The number of nitrogens with one attached hydrogen (secondary N) is 1. The minimum Gasteiger partial charge on any atom is -0.490 e. The fourth-order valence-corrected chi connectivity index (χ4v) is 3.64. The third-order valence-corrected chi connectivity index (χ3v) is 5.23. The number of anilines is 1. The lowest BCUT2D eigenvalue weighted by atomic mass is 10.1. The molecule has 0 unspecified atom stereocenters. The molecule has 3 aromatic carbocycles. The largest absolute Gasteiger partial charge is 0.490 e. The molecule has 35 heavy (non-hydrogen) atoms. The first-order valence-electron chi connectivity index (χ1n) is 11.6. The van der Waals surface area contributed by atoms with Crippen LogP contribution in [0.25, 0.3) is 10.8 Å². The Bertz CT molecular complexity index is 1190. The van der Waals surface area contributed by atoms with E-state index in [0.717, 1.165) is 16.5 Å². The smallest absolute Gasteiger partial charge is 0.325 e. The number of nitrogens with zero attached hydrogens (tertiary/aromatic N) is 1. The van der Waals surface area contributed by atoms with Gasteiger partial charge in [0.05, 0.1) is 18.9 Å². The van der Waals surface area contributed by atoms with Gasteiger partial charge in [0.1, 0.15) is 6.54 Å². The molecule has 0 radical (unpaired) electrons. The van der Waals surface area contributed by atoms with Crippen LogP contribution in [0.5, 0.6) is 11.5 Å². The summed E-state index contributed by atoms with van der Waals surface area (Å²) in [5.41, 5.74) is 1.06. The van der Waals surface area contributed by atoms with Gasteiger partial charge in [-0.3, -0.25) is 14.4 Å². The van der Waals surface area contributed by atoms with Crippen LogP contribution < -0.4 is 19.7 Å². The van der Waals surface area contributed by atoms with Crippen molar-refractivity contribution in [2.45, 2.75) is 20.8 Å². The molecule has 2 amide bonds. The maximum absolute atomic E-state index is 12.8. The summed E-state index contributed by atoms with van der Waals surface area (Å²) in [4.78, 5) is 39.1. The second kappa shape index (κ2) is 12.4. The van der Waals surface area contributed by atoms with Gasteiger partial charge in [0.2, 0.25) is 0 Å². The zero-order valence-corrected chi connectivity index (χ0v) is 20.2. The third kappa shape index (κ3) is 6.50. The van der Waals surface area contributed by atoms with Crippen molar-refractivity contribution in [2.75, 3.05) is 37.8 Å². The number of benzene rings is 3. The van der Waals surface area contributed by atoms with Crippen LogP contribution >= 0.6 is 0 Å². The maximum atomic E-state index is 12.8. The first-order valence-corrected chi connectivity index (χ1v) is 11.6. The molecule has 0 aliphatic heterocycles. The number of rotatable bonds is 11. The summed E-state index contributed by atoms with van der Waals surface area (Å²) in [6, 6.07) is 18.3. The Morgan fingerprint density at radius 3 is 2.31 bits per heavy atom. The average Bonchev–Trinajstić information content (AvgIpc) is 2.88. The maximum Gasteiger partial charge on any atom is 0.325 e. The van der Waals surface area contributed by atoms with E-state index in [4.69, 9.17) is 14.2 Å². The van der Waals surface area contributed by atoms with E-state index < -0.39 is 18.5 Å². The quantitative estimate of drug-likeness (QED) is 0.419. The van der Waals surface area contributed by atoms with E-state index in [2.05, 4.69) is 5.32 Å². The summed E-state index contributed by atoms with van der Waals surface area (Å²) in [6.45, 7) is 6.04. The van der Waals surface area contributed by atoms with E-state index in [1.54, 1.807) is 23.1 Å². The Labute approximate surface area is 204 Å². The minimum atomic E-state index is -0.711. The molecule has 1 N–H and O–H groups in total. The Balaban J connectivity index is 1.56. The molecule has 0 atom stereocenters. The summed E-state index contributed by atoms with van der Waals surface area (Å²) < 4.78 is 16.2. The highest BCUT2D eigenvalue weighted by atomic mass is 16.5.